The van der Waals surface area contributed by atoms with E-state index in [2.05, 4.69) is 10.1 Å². The van der Waals surface area contributed by atoms with Gasteiger partial charge < -0.3 is 20.3 Å². The Labute approximate surface area is 182 Å². The summed E-state index contributed by atoms with van der Waals surface area (Å²) in [6, 6.07) is 12.5. The van der Waals surface area contributed by atoms with Gasteiger partial charge in [-0.15, -0.1) is 0 Å². The summed E-state index contributed by atoms with van der Waals surface area (Å²) in [6.07, 6.45) is 6.48. The first-order chi connectivity index (χ1) is 15.0. The molecule has 0 saturated heterocycles. The van der Waals surface area contributed by atoms with Crippen molar-refractivity contribution in [2.24, 2.45) is 11.8 Å². The number of benzene rings is 2. The topological polar surface area (TPSA) is 95.9 Å². The van der Waals surface area contributed by atoms with Gasteiger partial charge in [-0.25, -0.2) is 4.79 Å². The number of Topliss-reactive ketones (excluding diaryl/α,β-unsaturated/α-hetero) is 1. The van der Waals surface area contributed by atoms with E-state index in [0.717, 1.165) is 42.4 Å². The minimum absolute atomic E-state index is 0.0319. The highest BCUT2D eigenvalue weighted by Gasteiger charge is 2.38. The number of carbonyl (C=O) groups excluding carboxylic acids is 1. The maximum absolute atomic E-state index is 13.0. The molecule has 6 nitrogen and oxygen atoms in total. The summed E-state index contributed by atoms with van der Waals surface area (Å²) in [4.78, 5) is 23.8. The average Bonchev–Trinajstić information content (AvgIpc) is 3.61. The SMILES string of the molecule is O=C(O)Oc1cc(-c2ccc(CNC(C(=O)C3CCCCC3)C3CC3)cc2)ccc1O. The normalized spacial score (nSPS) is 17.8. The van der Waals surface area contributed by atoms with Crippen molar-refractivity contribution >= 4 is 11.9 Å². The number of hydrogen-bond donors (Lipinski definition) is 3. The van der Waals surface area contributed by atoms with Crippen LogP contribution in [0.3, 0.4) is 0 Å². The van der Waals surface area contributed by atoms with Crippen LogP contribution in [0, 0.1) is 11.8 Å². The van der Waals surface area contributed by atoms with Crippen molar-refractivity contribution in [3.05, 3.63) is 48.0 Å². The van der Waals surface area contributed by atoms with E-state index in [1.54, 1.807) is 6.07 Å². The fourth-order valence-corrected chi connectivity index (χ4v) is 4.48. The summed E-state index contributed by atoms with van der Waals surface area (Å²) in [5.41, 5.74) is 2.72. The number of ketones is 1. The van der Waals surface area contributed by atoms with E-state index >= 15 is 0 Å². The number of phenols is 1. The van der Waals surface area contributed by atoms with Crippen molar-refractivity contribution in [3.63, 3.8) is 0 Å². The molecule has 6 heteroatoms. The van der Waals surface area contributed by atoms with Gasteiger partial charge in [0.15, 0.2) is 17.3 Å². The molecule has 2 aromatic rings. The van der Waals surface area contributed by atoms with E-state index < -0.39 is 6.16 Å². The van der Waals surface area contributed by atoms with Crippen LogP contribution >= 0.6 is 0 Å². The molecule has 2 aliphatic carbocycles. The predicted octanol–water partition coefficient (Wildman–Crippen LogP) is 5.13. The average molecular weight is 424 g/mol. The van der Waals surface area contributed by atoms with Crippen LogP contribution in [0.4, 0.5) is 4.79 Å². The zero-order chi connectivity index (χ0) is 21.8. The lowest BCUT2D eigenvalue weighted by Crippen LogP contribution is -2.42. The molecule has 4 rings (SSSR count). The van der Waals surface area contributed by atoms with Gasteiger partial charge in [-0.2, -0.15) is 0 Å². The van der Waals surface area contributed by atoms with Gasteiger partial charge in [-0.1, -0.05) is 49.6 Å². The minimum Gasteiger partial charge on any atom is -0.504 e. The molecule has 2 saturated carbocycles. The van der Waals surface area contributed by atoms with Gasteiger partial charge >= 0.3 is 6.16 Å². The van der Waals surface area contributed by atoms with Crippen LogP contribution in [0.25, 0.3) is 11.1 Å². The predicted molar refractivity (Wildman–Crippen MR) is 117 cm³/mol. The van der Waals surface area contributed by atoms with Crippen molar-refractivity contribution < 1.29 is 24.5 Å². The second kappa shape index (κ2) is 9.52. The van der Waals surface area contributed by atoms with Crippen LogP contribution in [0.2, 0.25) is 0 Å². The lowest BCUT2D eigenvalue weighted by Gasteiger charge is -2.26. The van der Waals surface area contributed by atoms with Crippen LogP contribution < -0.4 is 10.1 Å². The largest absolute Gasteiger partial charge is 0.511 e. The Morgan fingerprint density at radius 2 is 1.65 bits per heavy atom. The number of phenolic OH excluding ortho intramolecular Hbond substituents is 1. The van der Waals surface area contributed by atoms with Gasteiger partial charge in [-0.05, 0) is 60.4 Å². The van der Waals surface area contributed by atoms with Crippen LogP contribution in [0.5, 0.6) is 11.5 Å². The van der Waals surface area contributed by atoms with E-state index in [-0.39, 0.29) is 23.5 Å². The fraction of sp³-hybridized carbons (Fsp3) is 0.440. The highest BCUT2D eigenvalue weighted by atomic mass is 16.7. The first-order valence-corrected chi connectivity index (χ1v) is 11.1. The summed E-state index contributed by atoms with van der Waals surface area (Å²) in [7, 11) is 0. The summed E-state index contributed by atoms with van der Waals surface area (Å²) >= 11 is 0. The smallest absolute Gasteiger partial charge is 0.504 e. The van der Waals surface area contributed by atoms with Gasteiger partial charge in [-0.3, -0.25) is 4.79 Å². The third-order valence-electron chi connectivity index (χ3n) is 6.38. The third kappa shape index (κ3) is 5.44. The zero-order valence-electron chi connectivity index (χ0n) is 17.5. The number of aromatic hydroxyl groups is 1. The Kier molecular flexibility index (Phi) is 6.56. The van der Waals surface area contributed by atoms with Crippen LogP contribution in [-0.4, -0.2) is 28.2 Å². The molecular weight excluding hydrogens is 394 g/mol. The molecule has 0 heterocycles. The first kappa shape index (κ1) is 21.4. The maximum Gasteiger partial charge on any atom is 0.511 e. The molecule has 31 heavy (non-hydrogen) atoms. The number of nitrogens with one attached hydrogen (secondary N) is 1. The fourth-order valence-electron chi connectivity index (χ4n) is 4.48. The van der Waals surface area contributed by atoms with Crippen LogP contribution in [-0.2, 0) is 11.3 Å². The Morgan fingerprint density at radius 3 is 2.29 bits per heavy atom. The van der Waals surface area contributed by atoms with Crippen LogP contribution in [0.1, 0.15) is 50.5 Å². The number of carboxylic acid groups (broad SMARTS) is 1. The molecule has 2 fully saturated rings. The van der Waals surface area contributed by atoms with Crippen molar-refractivity contribution in [2.45, 2.75) is 57.5 Å². The minimum atomic E-state index is -1.47. The number of hydrogen-bond acceptors (Lipinski definition) is 5. The third-order valence-corrected chi connectivity index (χ3v) is 6.38. The highest BCUT2D eigenvalue weighted by Crippen LogP contribution is 2.37. The molecule has 0 amide bonds. The molecule has 0 aromatic heterocycles. The molecule has 0 bridgehead atoms. The maximum atomic E-state index is 13.0. The molecule has 0 spiro atoms. The highest BCUT2D eigenvalue weighted by molar-refractivity contribution is 5.87. The summed E-state index contributed by atoms with van der Waals surface area (Å²) in [5, 5.41) is 22.1. The van der Waals surface area contributed by atoms with E-state index in [9.17, 15) is 14.7 Å². The number of carbonyl (C=O) groups is 2. The number of ether oxygens (including phenoxy) is 1. The number of rotatable bonds is 8. The van der Waals surface area contributed by atoms with Crippen molar-refractivity contribution in [2.75, 3.05) is 0 Å². The second-order valence-corrected chi connectivity index (χ2v) is 8.68. The lowest BCUT2D eigenvalue weighted by atomic mass is 9.82. The van der Waals surface area contributed by atoms with Gasteiger partial charge in [0.1, 0.15) is 0 Å². The Hall–Kier alpha value is -2.86. The quantitative estimate of drug-likeness (QED) is 0.402. The Balaban J connectivity index is 1.40. The van der Waals surface area contributed by atoms with Crippen molar-refractivity contribution in [1.29, 1.82) is 0 Å². The lowest BCUT2D eigenvalue weighted by molar-refractivity contribution is -0.126. The van der Waals surface area contributed by atoms with Gasteiger partial charge in [0.2, 0.25) is 0 Å². The molecule has 1 atom stereocenters. The van der Waals surface area contributed by atoms with Crippen molar-refractivity contribution in [1.82, 2.24) is 5.32 Å². The summed E-state index contributed by atoms with van der Waals surface area (Å²) in [6.45, 7) is 0.642. The van der Waals surface area contributed by atoms with E-state index in [4.69, 9.17) is 5.11 Å². The molecule has 164 valence electrons. The molecule has 0 radical (unpaired) electrons. The second-order valence-electron chi connectivity index (χ2n) is 8.68. The zero-order valence-corrected chi connectivity index (χ0v) is 17.5. The van der Waals surface area contributed by atoms with E-state index in [1.165, 1.54) is 31.4 Å². The molecule has 3 N–H and O–H groups in total. The summed E-state index contributed by atoms with van der Waals surface area (Å²) < 4.78 is 4.62. The van der Waals surface area contributed by atoms with E-state index in [0.29, 0.717) is 18.2 Å². The monoisotopic (exact) mass is 423 g/mol. The van der Waals surface area contributed by atoms with E-state index in [1.807, 2.05) is 24.3 Å². The van der Waals surface area contributed by atoms with Gasteiger partial charge in [0.05, 0.1) is 6.04 Å². The molecule has 2 aliphatic rings. The molecule has 2 aromatic carbocycles. The Bertz CT molecular complexity index is 929. The van der Waals surface area contributed by atoms with Gasteiger partial charge in [0.25, 0.3) is 0 Å². The molecular formula is C25H29NO5. The van der Waals surface area contributed by atoms with Crippen molar-refractivity contribution in [3.8, 4) is 22.6 Å². The standard InChI is InChI=1S/C25H29NO5/c27-21-13-12-20(14-22(21)31-25(29)30)17-8-6-16(7-9-17)15-26-23(18-10-11-18)24(28)19-4-2-1-3-5-19/h6-9,12-14,18-19,23,26-27H,1-5,10-11,15H2,(H,29,30). The Morgan fingerprint density at radius 1 is 0.968 bits per heavy atom. The first-order valence-electron chi connectivity index (χ1n) is 11.1. The molecule has 1 unspecified atom stereocenters. The van der Waals surface area contributed by atoms with Crippen LogP contribution in [0.15, 0.2) is 42.5 Å². The summed E-state index contributed by atoms with van der Waals surface area (Å²) in [5.74, 6) is 0.808. The van der Waals surface area contributed by atoms with Gasteiger partial charge in [0, 0.05) is 12.5 Å². The molecule has 0 aliphatic heterocycles.